The van der Waals surface area contributed by atoms with Gasteiger partial charge < -0.3 is 15.7 Å². The molecule has 1 aliphatic carbocycles. The predicted octanol–water partition coefficient (Wildman–Crippen LogP) is 5.21. The number of aliphatic hydroxyl groups excluding tert-OH is 1. The second kappa shape index (κ2) is 10.1. The van der Waals surface area contributed by atoms with Crippen LogP contribution in [-0.4, -0.2) is 37.7 Å². The standard InChI is InChI=1S/C26H25ClFN7O/c1-15(8-9-36)31-24-17(12-29)13-30-26-21(24)10-19(11-22(26)27)32-25(16-2-4-18(28)5-3-16)23-14-35(34-33-23)20-6-7-20/h2-5,10-11,13-15,20,25,32,36H,6-9H2,1H3,(H,30,31)/t15?,25-/m0/s1/i25D. The van der Waals surface area contributed by atoms with E-state index in [1.54, 1.807) is 23.0 Å². The third-order valence-electron chi connectivity index (χ3n) is 6.09. The minimum absolute atomic E-state index is 0.00674. The van der Waals surface area contributed by atoms with Crippen LogP contribution in [0.4, 0.5) is 15.8 Å². The van der Waals surface area contributed by atoms with Crippen LogP contribution in [0.5, 0.6) is 0 Å². The van der Waals surface area contributed by atoms with E-state index < -0.39 is 11.8 Å². The zero-order chi connectivity index (χ0) is 26.2. The van der Waals surface area contributed by atoms with Crippen LogP contribution in [-0.2, 0) is 0 Å². The number of anilines is 2. The molecule has 2 aromatic heterocycles. The van der Waals surface area contributed by atoms with Crippen molar-refractivity contribution >= 4 is 33.9 Å². The number of pyridine rings is 1. The van der Waals surface area contributed by atoms with Gasteiger partial charge >= 0.3 is 0 Å². The smallest absolute Gasteiger partial charge is 0.123 e. The molecular weight excluding hydrogens is 481 g/mol. The van der Waals surface area contributed by atoms with E-state index in [9.17, 15) is 16.1 Å². The average molecular weight is 507 g/mol. The fraction of sp³-hybridized carbons (Fsp3) is 0.308. The van der Waals surface area contributed by atoms with Crippen molar-refractivity contribution in [1.29, 1.82) is 5.26 Å². The highest BCUT2D eigenvalue weighted by Gasteiger charge is 2.27. The summed E-state index contributed by atoms with van der Waals surface area (Å²) in [5.41, 5.74) is 2.65. The second-order valence-corrected chi connectivity index (χ2v) is 9.30. The van der Waals surface area contributed by atoms with Gasteiger partial charge in [-0.3, -0.25) is 4.98 Å². The molecule has 0 saturated heterocycles. The first-order chi connectivity index (χ1) is 17.8. The number of halogens is 2. The lowest BCUT2D eigenvalue weighted by atomic mass is 10.0. The van der Waals surface area contributed by atoms with Crippen LogP contribution >= 0.6 is 11.6 Å². The Kier molecular flexibility index (Phi) is 6.36. The Hall–Kier alpha value is -3.74. The third kappa shape index (κ3) is 4.96. The molecule has 1 saturated carbocycles. The fourth-order valence-corrected chi connectivity index (χ4v) is 4.31. The zero-order valence-corrected chi connectivity index (χ0v) is 20.3. The fourth-order valence-electron chi connectivity index (χ4n) is 4.04. The number of nitrogens with zero attached hydrogens (tertiary/aromatic N) is 5. The Labute approximate surface area is 214 Å². The molecule has 0 amide bonds. The van der Waals surface area contributed by atoms with Gasteiger partial charge in [-0.1, -0.05) is 28.9 Å². The molecule has 2 atom stereocenters. The number of rotatable bonds is 9. The average Bonchev–Trinajstić information content (AvgIpc) is 3.60. The Morgan fingerprint density at radius 3 is 2.78 bits per heavy atom. The van der Waals surface area contributed by atoms with Crippen molar-refractivity contribution in [2.24, 2.45) is 0 Å². The van der Waals surface area contributed by atoms with Crippen molar-refractivity contribution in [3.8, 4) is 6.07 Å². The highest BCUT2D eigenvalue weighted by atomic mass is 35.5. The Bertz CT molecular complexity index is 1490. The molecule has 5 rings (SSSR count). The maximum absolute atomic E-state index is 13.7. The highest BCUT2D eigenvalue weighted by Crippen LogP contribution is 2.37. The third-order valence-corrected chi connectivity index (χ3v) is 6.38. The Balaban J connectivity index is 1.62. The van der Waals surface area contributed by atoms with Gasteiger partial charge in [0, 0.05) is 29.9 Å². The molecule has 1 unspecified atom stereocenters. The summed E-state index contributed by atoms with van der Waals surface area (Å²) in [6.45, 7) is 1.90. The molecule has 2 aromatic carbocycles. The van der Waals surface area contributed by atoms with Gasteiger partial charge in [-0.25, -0.2) is 9.07 Å². The molecule has 36 heavy (non-hydrogen) atoms. The number of nitrogens with one attached hydrogen (secondary N) is 2. The number of hydrogen-bond donors (Lipinski definition) is 3. The number of fused-ring (bicyclic) bond motifs is 1. The van der Waals surface area contributed by atoms with Gasteiger partial charge in [0.25, 0.3) is 0 Å². The molecule has 3 N–H and O–H groups in total. The van der Waals surface area contributed by atoms with Crippen LogP contribution in [0, 0.1) is 17.1 Å². The van der Waals surface area contributed by atoms with Crippen molar-refractivity contribution in [2.45, 2.75) is 44.3 Å². The van der Waals surface area contributed by atoms with E-state index in [2.05, 4.69) is 32.0 Å². The number of aliphatic hydroxyl groups is 1. The molecule has 4 aromatic rings. The number of nitriles is 1. The van der Waals surface area contributed by atoms with Gasteiger partial charge in [-0.05, 0) is 56.0 Å². The molecule has 8 nitrogen and oxygen atoms in total. The molecule has 0 spiro atoms. The maximum atomic E-state index is 13.7. The van der Waals surface area contributed by atoms with Crippen molar-refractivity contribution in [2.75, 3.05) is 17.2 Å². The Morgan fingerprint density at radius 1 is 1.31 bits per heavy atom. The number of aromatic nitrogens is 4. The van der Waals surface area contributed by atoms with E-state index in [1.807, 2.05) is 6.92 Å². The summed E-state index contributed by atoms with van der Waals surface area (Å²) in [6, 6.07) is 9.78. The molecule has 1 fully saturated rings. The van der Waals surface area contributed by atoms with Crippen LogP contribution in [0.25, 0.3) is 10.9 Å². The minimum atomic E-state index is -1.62. The van der Waals surface area contributed by atoms with Crippen LogP contribution in [0.2, 0.25) is 5.02 Å². The van der Waals surface area contributed by atoms with Gasteiger partial charge in [-0.15, -0.1) is 5.10 Å². The van der Waals surface area contributed by atoms with Gasteiger partial charge in [0.05, 0.1) is 41.4 Å². The number of benzene rings is 2. The molecule has 0 bridgehead atoms. The van der Waals surface area contributed by atoms with Gasteiger partial charge in [0.15, 0.2) is 0 Å². The highest BCUT2D eigenvalue weighted by molar-refractivity contribution is 6.35. The summed E-state index contributed by atoms with van der Waals surface area (Å²) < 4.78 is 25.0. The van der Waals surface area contributed by atoms with Gasteiger partial charge in [0.2, 0.25) is 0 Å². The summed E-state index contributed by atoms with van der Waals surface area (Å²) >= 11 is 6.63. The molecule has 184 valence electrons. The maximum Gasteiger partial charge on any atom is 0.123 e. The largest absolute Gasteiger partial charge is 0.396 e. The van der Waals surface area contributed by atoms with E-state index in [1.165, 1.54) is 30.5 Å². The topological polar surface area (TPSA) is 112 Å². The Morgan fingerprint density at radius 2 is 2.08 bits per heavy atom. The van der Waals surface area contributed by atoms with E-state index in [0.29, 0.717) is 50.5 Å². The van der Waals surface area contributed by atoms with E-state index in [0.717, 1.165) is 12.8 Å². The second-order valence-electron chi connectivity index (χ2n) is 8.89. The normalized spacial score (nSPS) is 16.1. The van der Waals surface area contributed by atoms with Crippen LogP contribution in [0.15, 0.2) is 48.8 Å². The van der Waals surface area contributed by atoms with E-state index in [4.69, 9.17) is 11.6 Å². The lowest BCUT2D eigenvalue weighted by molar-refractivity contribution is 0.282. The summed E-state index contributed by atoms with van der Waals surface area (Å²) in [4.78, 5) is 4.37. The van der Waals surface area contributed by atoms with Crippen LogP contribution in [0.3, 0.4) is 0 Å². The SMILES string of the molecule is [2H][C@](Nc1cc(Cl)c2ncc(C#N)c(NC(C)CCO)c2c1)(c1ccc(F)cc1)c1cn(C2CC2)nn1. The molecule has 2 heterocycles. The quantitative estimate of drug-likeness (QED) is 0.285. The van der Waals surface area contributed by atoms with Crippen LogP contribution in [0.1, 0.15) is 56.4 Å². The van der Waals surface area contributed by atoms with E-state index >= 15 is 0 Å². The van der Waals surface area contributed by atoms with Crippen molar-refractivity contribution < 1.29 is 10.9 Å². The van der Waals surface area contributed by atoms with E-state index in [-0.39, 0.29) is 18.7 Å². The lowest BCUT2D eigenvalue weighted by Gasteiger charge is -2.21. The summed E-state index contributed by atoms with van der Waals surface area (Å²) in [5, 5.41) is 35.0. The van der Waals surface area contributed by atoms with Gasteiger partial charge in [-0.2, -0.15) is 5.26 Å². The van der Waals surface area contributed by atoms with Crippen molar-refractivity contribution in [1.82, 2.24) is 20.0 Å². The molecule has 1 aliphatic rings. The molecule has 10 heteroatoms. The minimum Gasteiger partial charge on any atom is -0.396 e. The first kappa shape index (κ1) is 22.7. The first-order valence-electron chi connectivity index (χ1n) is 12.2. The van der Waals surface area contributed by atoms with Crippen LogP contribution < -0.4 is 10.6 Å². The first-order valence-corrected chi connectivity index (χ1v) is 12.1. The zero-order valence-electron chi connectivity index (χ0n) is 20.5. The van der Waals surface area contributed by atoms with Crippen molar-refractivity contribution in [3.05, 3.63) is 76.5 Å². The summed E-state index contributed by atoms with van der Waals surface area (Å²) in [5.74, 6) is -0.413. The predicted molar refractivity (Wildman–Crippen MR) is 136 cm³/mol. The molecular formula is C26H25ClFN7O. The van der Waals surface area contributed by atoms with Gasteiger partial charge in [0.1, 0.15) is 17.6 Å². The number of hydrogen-bond acceptors (Lipinski definition) is 7. The van der Waals surface area contributed by atoms with Crippen molar-refractivity contribution in [3.63, 3.8) is 0 Å². The molecule has 0 radical (unpaired) electrons. The lowest BCUT2D eigenvalue weighted by Crippen LogP contribution is -2.18. The summed E-state index contributed by atoms with van der Waals surface area (Å²) in [7, 11) is 0. The molecule has 0 aliphatic heterocycles. The monoisotopic (exact) mass is 506 g/mol. The summed E-state index contributed by atoms with van der Waals surface area (Å²) in [6.07, 6.45) is 5.70.